The number of aryl methyl sites for hydroxylation is 2. The Morgan fingerprint density at radius 2 is 2.03 bits per heavy atom. The van der Waals surface area contributed by atoms with Crippen molar-refractivity contribution >= 4 is 11.7 Å². The zero-order valence-corrected chi connectivity index (χ0v) is 17.0. The lowest BCUT2D eigenvalue weighted by Crippen LogP contribution is -2.45. The van der Waals surface area contributed by atoms with E-state index >= 15 is 0 Å². The Labute approximate surface area is 170 Å². The summed E-state index contributed by atoms with van der Waals surface area (Å²) in [6.07, 6.45) is 0.883. The van der Waals surface area contributed by atoms with Gasteiger partial charge in [0.2, 0.25) is 0 Å². The highest BCUT2D eigenvalue weighted by atomic mass is 16.5. The Morgan fingerprint density at radius 3 is 2.79 bits per heavy atom. The van der Waals surface area contributed by atoms with Crippen LogP contribution in [0.4, 0.5) is 0 Å². The van der Waals surface area contributed by atoms with E-state index in [-0.39, 0.29) is 24.7 Å². The maximum atomic E-state index is 12.7. The van der Waals surface area contributed by atoms with Gasteiger partial charge in [-0.05, 0) is 43.7 Å². The van der Waals surface area contributed by atoms with E-state index in [1.54, 1.807) is 30.2 Å². The second-order valence-corrected chi connectivity index (χ2v) is 7.87. The number of methoxy groups -OCH3 is 1. The Hall–Kier alpha value is -3.02. The Kier molecular flexibility index (Phi) is 4.94. The normalized spacial score (nSPS) is 20.4. The molecule has 6 heteroatoms. The lowest BCUT2D eigenvalue weighted by atomic mass is 9.89. The van der Waals surface area contributed by atoms with E-state index in [9.17, 15) is 9.59 Å². The van der Waals surface area contributed by atoms with Gasteiger partial charge in [-0.25, -0.2) is 0 Å². The van der Waals surface area contributed by atoms with Crippen LogP contribution in [-0.4, -0.2) is 49.0 Å². The number of hydrogen-bond donors (Lipinski definition) is 0. The van der Waals surface area contributed by atoms with Crippen molar-refractivity contribution in [2.45, 2.75) is 32.3 Å². The molecule has 0 saturated carbocycles. The molecule has 1 fully saturated rings. The van der Waals surface area contributed by atoms with Gasteiger partial charge in [0.05, 0.1) is 25.6 Å². The molecule has 1 saturated heterocycles. The second-order valence-electron chi connectivity index (χ2n) is 7.87. The van der Waals surface area contributed by atoms with Crippen molar-refractivity contribution in [3.63, 3.8) is 0 Å². The summed E-state index contributed by atoms with van der Waals surface area (Å²) in [6.45, 7) is 4.89. The molecular weight excluding hydrogens is 370 g/mol. The van der Waals surface area contributed by atoms with Crippen molar-refractivity contribution in [2.75, 3.05) is 26.8 Å². The molecule has 2 aromatic carbocycles. The quantitative estimate of drug-likeness (QED) is 0.795. The van der Waals surface area contributed by atoms with Gasteiger partial charge in [0.1, 0.15) is 22.8 Å². The number of Topliss-reactive ketones (excluding diaryl/α,β-unsaturated/α-hetero) is 1. The summed E-state index contributed by atoms with van der Waals surface area (Å²) in [5.41, 5.74) is 2.04. The first-order valence-electron chi connectivity index (χ1n) is 9.77. The molecule has 2 heterocycles. The third-order valence-electron chi connectivity index (χ3n) is 5.65. The maximum absolute atomic E-state index is 12.7. The fraction of sp³-hybridized carbons (Fsp3) is 0.391. The zero-order valence-electron chi connectivity index (χ0n) is 17.0. The second kappa shape index (κ2) is 7.43. The number of ketones is 1. The van der Waals surface area contributed by atoms with Crippen LogP contribution >= 0.6 is 0 Å². The molecule has 6 nitrogen and oxygen atoms in total. The van der Waals surface area contributed by atoms with Gasteiger partial charge in [-0.3, -0.25) is 9.59 Å². The van der Waals surface area contributed by atoms with Gasteiger partial charge in [0.25, 0.3) is 5.91 Å². The van der Waals surface area contributed by atoms with Crippen molar-refractivity contribution in [1.29, 1.82) is 0 Å². The number of ether oxygens (including phenoxy) is 3. The molecule has 0 aromatic heterocycles. The van der Waals surface area contributed by atoms with Crippen LogP contribution in [0.25, 0.3) is 0 Å². The van der Waals surface area contributed by atoms with Gasteiger partial charge in [-0.15, -0.1) is 0 Å². The van der Waals surface area contributed by atoms with Crippen LogP contribution in [0.3, 0.4) is 0 Å². The molecule has 0 bridgehead atoms. The van der Waals surface area contributed by atoms with E-state index in [4.69, 9.17) is 14.2 Å². The van der Waals surface area contributed by atoms with Crippen LogP contribution < -0.4 is 14.2 Å². The summed E-state index contributed by atoms with van der Waals surface area (Å²) in [6, 6.07) is 11.1. The third-order valence-corrected chi connectivity index (χ3v) is 5.65. The van der Waals surface area contributed by atoms with E-state index in [0.717, 1.165) is 11.1 Å². The van der Waals surface area contributed by atoms with Crippen LogP contribution in [0.2, 0.25) is 0 Å². The molecule has 0 N–H and O–H groups in total. The topological polar surface area (TPSA) is 65.1 Å². The molecule has 1 spiro atoms. The highest BCUT2D eigenvalue weighted by Gasteiger charge is 2.47. The highest BCUT2D eigenvalue weighted by molar-refractivity contribution is 6.01. The molecule has 0 aliphatic carbocycles. The van der Waals surface area contributed by atoms with Gasteiger partial charge in [0.15, 0.2) is 12.4 Å². The molecule has 1 unspecified atom stereocenters. The van der Waals surface area contributed by atoms with Gasteiger partial charge in [0, 0.05) is 13.0 Å². The number of carbonyl (C=O) groups excluding carboxylic acids is 2. The maximum Gasteiger partial charge on any atom is 0.260 e. The number of benzene rings is 2. The largest absolute Gasteiger partial charge is 0.497 e. The fourth-order valence-corrected chi connectivity index (χ4v) is 4.08. The Morgan fingerprint density at radius 1 is 1.21 bits per heavy atom. The highest BCUT2D eigenvalue weighted by Crippen LogP contribution is 2.40. The van der Waals surface area contributed by atoms with Crippen LogP contribution in [0.15, 0.2) is 36.4 Å². The Bertz CT molecular complexity index is 970. The monoisotopic (exact) mass is 395 g/mol. The minimum atomic E-state index is -0.659. The van der Waals surface area contributed by atoms with E-state index in [0.29, 0.717) is 42.3 Å². The number of rotatable bonds is 4. The predicted octanol–water partition coefficient (Wildman–Crippen LogP) is 3.33. The molecule has 152 valence electrons. The van der Waals surface area contributed by atoms with Crippen LogP contribution in [0, 0.1) is 13.8 Å². The summed E-state index contributed by atoms with van der Waals surface area (Å²) >= 11 is 0. The number of likely N-dealkylation sites (tertiary alicyclic amines) is 1. The van der Waals surface area contributed by atoms with E-state index in [2.05, 4.69) is 0 Å². The van der Waals surface area contributed by atoms with Crippen molar-refractivity contribution in [2.24, 2.45) is 0 Å². The minimum Gasteiger partial charge on any atom is -0.497 e. The van der Waals surface area contributed by atoms with Gasteiger partial charge < -0.3 is 19.1 Å². The first-order chi connectivity index (χ1) is 13.9. The molecule has 2 aliphatic rings. The van der Waals surface area contributed by atoms with Crippen LogP contribution in [0.5, 0.6) is 17.2 Å². The van der Waals surface area contributed by atoms with E-state index < -0.39 is 5.60 Å². The molecule has 1 amide bonds. The third kappa shape index (κ3) is 3.79. The number of fused-ring (bicyclic) bond motifs is 1. The van der Waals surface area contributed by atoms with Crippen LogP contribution in [0.1, 0.15) is 34.3 Å². The van der Waals surface area contributed by atoms with E-state index in [1.807, 2.05) is 32.0 Å². The van der Waals surface area contributed by atoms with Crippen molar-refractivity contribution in [1.82, 2.24) is 4.90 Å². The van der Waals surface area contributed by atoms with Gasteiger partial charge >= 0.3 is 0 Å². The molecule has 1 atom stereocenters. The number of hydrogen-bond acceptors (Lipinski definition) is 5. The molecule has 2 aromatic rings. The molecule has 2 aliphatic heterocycles. The first-order valence-corrected chi connectivity index (χ1v) is 9.77. The summed E-state index contributed by atoms with van der Waals surface area (Å²) in [7, 11) is 1.57. The number of amides is 1. The van der Waals surface area contributed by atoms with Gasteiger partial charge in [-0.2, -0.15) is 0 Å². The lowest BCUT2D eigenvalue weighted by molar-refractivity contribution is -0.133. The Balaban J connectivity index is 1.41. The molecule has 29 heavy (non-hydrogen) atoms. The fourth-order valence-electron chi connectivity index (χ4n) is 4.08. The van der Waals surface area contributed by atoms with Crippen LogP contribution in [-0.2, 0) is 4.79 Å². The average molecular weight is 395 g/mol. The smallest absolute Gasteiger partial charge is 0.260 e. The molecular formula is C23H25NO5. The standard InChI is InChI=1S/C23H25NO5/c1-15-4-6-20(16(2)10-15)28-13-22(26)24-9-8-23(14-24)12-19(25)18-11-17(27-3)5-7-21(18)29-23/h4-7,10-11H,8-9,12-14H2,1-3H3. The summed E-state index contributed by atoms with van der Waals surface area (Å²) in [4.78, 5) is 27.1. The SMILES string of the molecule is COc1ccc2c(c1)C(=O)CC1(CCN(C(=O)COc3ccc(C)cc3C)C1)O2. The van der Waals surface area contributed by atoms with Gasteiger partial charge in [-0.1, -0.05) is 17.7 Å². The zero-order chi connectivity index (χ0) is 20.6. The number of carbonyl (C=O) groups is 2. The molecule has 0 radical (unpaired) electrons. The summed E-state index contributed by atoms with van der Waals surface area (Å²) in [5.74, 6) is 1.82. The van der Waals surface area contributed by atoms with Crippen molar-refractivity contribution < 1.29 is 23.8 Å². The summed E-state index contributed by atoms with van der Waals surface area (Å²) < 4.78 is 17.1. The van der Waals surface area contributed by atoms with E-state index in [1.165, 1.54) is 0 Å². The minimum absolute atomic E-state index is 0.0194. The first kappa shape index (κ1) is 19.3. The molecule has 4 rings (SSSR count). The summed E-state index contributed by atoms with van der Waals surface area (Å²) in [5, 5.41) is 0. The number of nitrogens with zero attached hydrogens (tertiary/aromatic N) is 1. The lowest BCUT2D eigenvalue weighted by Gasteiger charge is -2.34. The van der Waals surface area contributed by atoms with Crippen molar-refractivity contribution in [3.05, 3.63) is 53.1 Å². The predicted molar refractivity (Wildman–Crippen MR) is 108 cm³/mol. The van der Waals surface area contributed by atoms with Crippen molar-refractivity contribution in [3.8, 4) is 17.2 Å². The average Bonchev–Trinajstić information content (AvgIpc) is 3.10.